The molecule has 1 aliphatic heterocycles. The Morgan fingerprint density at radius 1 is 1.11 bits per heavy atom. The predicted octanol–water partition coefficient (Wildman–Crippen LogP) is 2.48. The Kier molecular flexibility index (Phi) is 6.85. The van der Waals surface area contributed by atoms with Crippen LogP contribution in [0, 0.1) is 0 Å². The third kappa shape index (κ3) is 5.31. The van der Waals surface area contributed by atoms with Gasteiger partial charge in [0, 0.05) is 19.1 Å². The number of methoxy groups -OCH3 is 1. The van der Waals surface area contributed by atoms with Crippen LogP contribution in [0.25, 0.3) is 0 Å². The summed E-state index contributed by atoms with van der Waals surface area (Å²) in [6, 6.07) is 16.3. The van der Waals surface area contributed by atoms with E-state index in [0.717, 1.165) is 48.4 Å². The maximum absolute atomic E-state index is 13.2. The third-order valence-corrected chi connectivity index (χ3v) is 5.17. The second kappa shape index (κ2) is 9.53. The SMILES string of the molecule is COc1cccc(CC(=O)N(Cc2ccc(CN)cc2)C2CCNCC2)c1. The van der Waals surface area contributed by atoms with E-state index in [0.29, 0.717) is 19.5 Å². The zero-order chi connectivity index (χ0) is 19.1. The lowest BCUT2D eigenvalue weighted by molar-refractivity contribution is -0.134. The van der Waals surface area contributed by atoms with Crippen molar-refractivity contribution in [2.24, 2.45) is 5.73 Å². The van der Waals surface area contributed by atoms with Crippen LogP contribution in [-0.2, 0) is 24.3 Å². The van der Waals surface area contributed by atoms with E-state index in [1.165, 1.54) is 0 Å². The van der Waals surface area contributed by atoms with E-state index >= 15 is 0 Å². The number of nitrogens with one attached hydrogen (secondary N) is 1. The van der Waals surface area contributed by atoms with Crippen LogP contribution in [0.1, 0.15) is 29.5 Å². The van der Waals surface area contributed by atoms with Gasteiger partial charge in [0.05, 0.1) is 13.5 Å². The van der Waals surface area contributed by atoms with Crippen molar-refractivity contribution < 1.29 is 9.53 Å². The molecule has 5 nitrogen and oxygen atoms in total. The Morgan fingerprint density at radius 3 is 2.48 bits per heavy atom. The molecule has 0 radical (unpaired) electrons. The van der Waals surface area contributed by atoms with E-state index in [9.17, 15) is 4.79 Å². The van der Waals surface area contributed by atoms with Crippen LogP contribution in [0.2, 0.25) is 0 Å². The average molecular weight is 367 g/mol. The molecule has 3 rings (SSSR count). The van der Waals surface area contributed by atoms with Crippen molar-refractivity contribution in [3.63, 3.8) is 0 Å². The Hall–Kier alpha value is -2.37. The Labute approximate surface area is 161 Å². The molecule has 0 atom stereocenters. The molecule has 2 aromatic rings. The molecule has 1 heterocycles. The third-order valence-electron chi connectivity index (χ3n) is 5.17. The van der Waals surface area contributed by atoms with E-state index < -0.39 is 0 Å². The highest BCUT2D eigenvalue weighted by atomic mass is 16.5. The largest absolute Gasteiger partial charge is 0.497 e. The predicted molar refractivity (Wildman–Crippen MR) is 107 cm³/mol. The Balaban J connectivity index is 1.76. The summed E-state index contributed by atoms with van der Waals surface area (Å²) in [6.45, 7) is 3.09. The summed E-state index contributed by atoms with van der Waals surface area (Å²) >= 11 is 0. The van der Waals surface area contributed by atoms with Crippen LogP contribution in [0.4, 0.5) is 0 Å². The number of benzene rings is 2. The van der Waals surface area contributed by atoms with Crippen LogP contribution in [-0.4, -0.2) is 37.0 Å². The van der Waals surface area contributed by atoms with Gasteiger partial charge >= 0.3 is 0 Å². The zero-order valence-corrected chi connectivity index (χ0v) is 16.0. The Bertz CT molecular complexity index is 739. The van der Waals surface area contributed by atoms with E-state index in [-0.39, 0.29) is 11.9 Å². The molecule has 1 aliphatic rings. The second-order valence-electron chi connectivity index (χ2n) is 7.05. The van der Waals surface area contributed by atoms with Gasteiger partial charge in [0.15, 0.2) is 0 Å². The first-order valence-electron chi connectivity index (χ1n) is 9.60. The molecule has 2 aromatic carbocycles. The second-order valence-corrected chi connectivity index (χ2v) is 7.05. The molecule has 5 heteroatoms. The van der Waals surface area contributed by atoms with Crippen molar-refractivity contribution in [1.29, 1.82) is 0 Å². The van der Waals surface area contributed by atoms with Gasteiger partial charge in [0.1, 0.15) is 5.75 Å². The van der Waals surface area contributed by atoms with Crippen LogP contribution < -0.4 is 15.8 Å². The summed E-state index contributed by atoms with van der Waals surface area (Å²) in [5.41, 5.74) is 8.93. The monoisotopic (exact) mass is 367 g/mol. The maximum Gasteiger partial charge on any atom is 0.227 e. The number of amides is 1. The summed E-state index contributed by atoms with van der Waals surface area (Å²) in [5.74, 6) is 0.948. The minimum absolute atomic E-state index is 0.165. The number of nitrogens with two attached hydrogens (primary N) is 1. The summed E-state index contributed by atoms with van der Waals surface area (Å²) in [4.78, 5) is 15.2. The molecule has 0 unspecified atom stereocenters. The van der Waals surface area contributed by atoms with Crippen molar-refractivity contribution in [3.05, 3.63) is 65.2 Å². The van der Waals surface area contributed by atoms with Gasteiger partial charge in [-0.2, -0.15) is 0 Å². The van der Waals surface area contributed by atoms with Crippen molar-refractivity contribution >= 4 is 5.91 Å². The number of piperidine rings is 1. The van der Waals surface area contributed by atoms with Gasteiger partial charge in [0.2, 0.25) is 5.91 Å². The van der Waals surface area contributed by atoms with Gasteiger partial charge in [-0.05, 0) is 54.8 Å². The summed E-state index contributed by atoms with van der Waals surface area (Å²) in [7, 11) is 1.65. The number of rotatable bonds is 7. The quantitative estimate of drug-likeness (QED) is 0.789. The first-order chi connectivity index (χ1) is 13.2. The minimum atomic E-state index is 0.165. The molecule has 27 heavy (non-hydrogen) atoms. The van der Waals surface area contributed by atoms with Gasteiger partial charge in [-0.3, -0.25) is 4.79 Å². The number of hydrogen-bond donors (Lipinski definition) is 2. The van der Waals surface area contributed by atoms with Crippen molar-refractivity contribution in [2.45, 2.75) is 38.4 Å². The summed E-state index contributed by atoms with van der Waals surface area (Å²) in [5, 5.41) is 3.38. The fourth-order valence-corrected chi connectivity index (χ4v) is 3.58. The van der Waals surface area contributed by atoms with E-state index in [1.807, 2.05) is 36.4 Å². The van der Waals surface area contributed by atoms with Gasteiger partial charge in [0.25, 0.3) is 0 Å². The van der Waals surface area contributed by atoms with Gasteiger partial charge < -0.3 is 20.7 Å². The first kappa shape index (κ1) is 19.4. The van der Waals surface area contributed by atoms with Gasteiger partial charge in [-0.25, -0.2) is 0 Å². The van der Waals surface area contributed by atoms with E-state index in [2.05, 4.69) is 22.3 Å². The van der Waals surface area contributed by atoms with Crippen LogP contribution in [0.5, 0.6) is 5.75 Å². The smallest absolute Gasteiger partial charge is 0.227 e. The molecule has 1 fully saturated rings. The molecule has 0 aliphatic carbocycles. The number of carbonyl (C=O) groups is 1. The molecular weight excluding hydrogens is 338 g/mol. The number of nitrogens with zero attached hydrogens (tertiary/aromatic N) is 1. The van der Waals surface area contributed by atoms with Gasteiger partial charge in [-0.1, -0.05) is 36.4 Å². The lowest BCUT2D eigenvalue weighted by Gasteiger charge is -2.35. The summed E-state index contributed by atoms with van der Waals surface area (Å²) in [6.07, 6.45) is 2.37. The number of hydrogen-bond acceptors (Lipinski definition) is 4. The average Bonchev–Trinajstić information content (AvgIpc) is 2.73. The van der Waals surface area contributed by atoms with Crippen LogP contribution in [0.3, 0.4) is 0 Å². The highest BCUT2D eigenvalue weighted by Crippen LogP contribution is 2.20. The Morgan fingerprint density at radius 2 is 1.81 bits per heavy atom. The first-order valence-corrected chi connectivity index (χ1v) is 9.60. The molecule has 0 spiro atoms. The fraction of sp³-hybridized carbons (Fsp3) is 0.409. The normalized spacial score (nSPS) is 14.7. The molecule has 144 valence electrons. The standard InChI is InChI=1S/C22H29N3O2/c1-27-21-4-2-3-19(13-21)14-22(26)25(20-9-11-24-12-10-20)16-18-7-5-17(15-23)6-8-18/h2-8,13,20,24H,9-12,14-16,23H2,1H3. The van der Waals surface area contributed by atoms with Crippen LogP contribution in [0.15, 0.2) is 48.5 Å². The van der Waals surface area contributed by atoms with E-state index in [4.69, 9.17) is 10.5 Å². The highest BCUT2D eigenvalue weighted by molar-refractivity contribution is 5.79. The highest BCUT2D eigenvalue weighted by Gasteiger charge is 2.25. The molecule has 0 bridgehead atoms. The molecule has 0 aromatic heterocycles. The maximum atomic E-state index is 13.2. The molecule has 0 saturated carbocycles. The lowest BCUT2D eigenvalue weighted by atomic mass is 10.0. The zero-order valence-electron chi connectivity index (χ0n) is 16.0. The van der Waals surface area contributed by atoms with Gasteiger partial charge in [-0.15, -0.1) is 0 Å². The minimum Gasteiger partial charge on any atom is -0.497 e. The number of ether oxygens (including phenoxy) is 1. The molecule has 1 amide bonds. The molecular formula is C22H29N3O2. The van der Waals surface area contributed by atoms with Crippen molar-refractivity contribution in [2.75, 3.05) is 20.2 Å². The van der Waals surface area contributed by atoms with E-state index in [1.54, 1.807) is 7.11 Å². The summed E-state index contributed by atoms with van der Waals surface area (Å²) < 4.78 is 5.29. The number of carbonyl (C=O) groups excluding carboxylic acids is 1. The topological polar surface area (TPSA) is 67.6 Å². The van der Waals surface area contributed by atoms with Crippen LogP contribution >= 0.6 is 0 Å². The molecule has 3 N–H and O–H groups in total. The molecule has 1 saturated heterocycles. The fourth-order valence-electron chi connectivity index (χ4n) is 3.58. The lowest BCUT2D eigenvalue weighted by Crippen LogP contribution is -2.46. The van der Waals surface area contributed by atoms with Crippen molar-refractivity contribution in [1.82, 2.24) is 10.2 Å². The van der Waals surface area contributed by atoms with Crippen molar-refractivity contribution in [3.8, 4) is 5.75 Å².